The lowest BCUT2D eigenvalue weighted by Crippen LogP contribution is -2.37. The van der Waals surface area contributed by atoms with Gasteiger partial charge in [0.05, 0.1) is 11.5 Å². The van der Waals surface area contributed by atoms with E-state index in [0.717, 1.165) is 0 Å². The van der Waals surface area contributed by atoms with Crippen molar-refractivity contribution in [3.63, 3.8) is 0 Å². The van der Waals surface area contributed by atoms with E-state index in [4.69, 9.17) is 5.11 Å². The molecule has 114 valence electrons. The van der Waals surface area contributed by atoms with E-state index in [9.17, 15) is 19.7 Å². The van der Waals surface area contributed by atoms with Crippen LogP contribution in [-0.2, 0) is 11.3 Å². The second-order valence-corrected chi connectivity index (χ2v) is 4.65. The zero-order valence-electron chi connectivity index (χ0n) is 11.5. The summed E-state index contributed by atoms with van der Waals surface area (Å²) < 4.78 is 0. The lowest BCUT2D eigenvalue weighted by Gasteiger charge is -2.11. The standard InChI is InChI=1S/C13H17N3O5/c1-9(6-12(17)18)7-14-13(19)15-8-10-4-2-3-5-11(10)16(20)21/h2-5,9H,6-8H2,1H3,(H,17,18)(H2,14,15,19). The maximum absolute atomic E-state index is 11.5. The van der Waals surface area contributed by atoms with E-state index in [-0.39, 0.29) is 31.1 Å². The first-order valence-corrected chi connectivity index (χ1v) is 6.36. The van der Waals surface area contributed by atoms with Crippen LogP contribution in [0.2, 0.25) is 0 Å². The average molecular weight is 295 g/mol. The maximum atomic E-state index is 11.5. The van der Waals surface area contributed by atoms with Crippen molar-refractivity contribution in [2.24, 2.45) is 5.92 Å². The molecular weight excluding hydrogens is 278 g/mol. The third-order valence-corrected chi connectivity index (χ3v) is 2.76. The molecule has 1 unspecified atom stereocenters. The molecule has 8 heteroatoms. The molecule has 0 aliphatic carbocycles. The Morgan fingerprint density at radius 2 is 2.00 bits per heavy atom. The molecule has 3 N–H and O–H groups in total. The van der Waals surface area contributed by atoms with E-state index in [1.807, 2.05) is 0 Å². The molecule has 0 saturated carbocycles. The first-order valence-electron chi connectivity index (χ1n) is 6.36. The van der Waals surface area contributed by atoms with Gasteiger partial charge in [0.25, 0.3) is 5.69 Å². The fourth-order valence-electron chi connectivity index (χ4n) is 1.71. The smallest absolute Gasteiger partial charge is 0.315 e. The van der Waals surface area contributed by atoms with Gasteiger partial charge in [-0.05, 0) is 5.92 Å². The Hall–Kier alpha value is -2.64. The van der Waals surface area contributed by atoms with E-state index in [1.54, 1.807) is 25.1 Å². The molecule has 0 spiro atoms. The number of nitro groups is 1. The summed E-state index contributed by atoms with van der Waals surface area (Å²) in [6.45, 7) is 1.95. The topological polar surface area (TPSA) is 122 Å². The lowest BCUT2D eigenvalue weighted by molar-refractivity contribution is -0.385. The fraction of sp³-hybridized carbons (Fsp3) is 0.385. The molecule has 1 aromatic rings. The largest absolute Gasteiger partial charge is 0.481 e. The number of nitro benzene ring substituents is 1. The summed E-state index contributed by atoms with van der Waals surface area (Å²) in [5, 5.41) is 24.4. The van der Waals surface area contributed by atoms with Crippen molar-refractivity contribution in [3.05, 3.63) is 39.9 Å². The summed E-state index contributed by atoms with van der Waals surface area (Å²) in [6.07, 6.45) is -0.0373. The summed E-state index contributed by atoms with van der Waals surface area (Å²) in [4.78, 5) is 32.3. The summed E-state index contributed by atoms with van der Waals surface area (Å²) in [5.41, 5.74) is 0.341. The van der Waals surface area contributed by atoms with Gasteiger partial charge in [0.15, 0.2) is 0 Å². The van der Waals surface area contributed by atoms with Crippen LogP contribution in [0.4, 0.5) is 10.5 Å². The quantitative estimate of drug-likeness (QED) is 0.520. The molecule has 0 aliphatic rings. The number of rotatable bonds is 7. The molecule has 8 nitrogen and oxygen atoms in total. The second-order valence-electron chi connectivity index (χ2n) is 4.65. The van der Waals surface area contributed by atoms with Gasteiger partial charge >= 0.3 is 12.0 Å². The maximum Gasteiger partial charge on any atom is 0.315 e. The Labute approximate surface area is 121 Å². The molecule has 0 saturated heterocycles. The van der Waals surface area contributed by atoms with E-state index in [1.165, 1.54) is 6.07 Å². The SMILES string of the molecule is CC(CNC(=O)NCc1ccccc1[N+](=O)[O-])CC(=O)O. The lowest BCUT2D eigenvalue weighted by atomic mass is 10.1. The van der Waals surface area contributed by atoms with Crippen LogP contribution in [0.3, 0.4) is 0 Å². The van der Waals surface area contributed by atoms with Crippen LogP contribution in [-0.4, -0.2) is 28.6 Å². The average Bonchev–Trinajstić information content (AvgIpc) is 2.42. The molecule has 1 atom stereocenters. The highest BCUT2D eigenvalue weighted by Crippen LogP contribution is 2.16. The normalized spacial score (nSPS) is 11.5. The Bertz CT molecular complexity index is 532. The zero-order valence-corrected chi connectivity index (χ0v) is 11.5. The minimum absolute atomic E-state index is 0.0241. The number of urea groups is 1. The number of nitrogens with one attached hydrogen (secondary N) is 2. The molecule has 2 amide bonds. The number of amides is 2. The third kappa shape index (κ3) is 5.89. The summed E-state index contributed by atoms with van der Waals surface area (Å²) >= 11 is 0. The Balaban J connectivity index is 2.43. The van der Waals surface area contributed by atoms with E-state index in [2.05, 4.69) is 10.6 Å². The first kappa shape index (κ1) is 16.4. The minimum atomic E-state index is -0.926. The van der Waals surface area contributed by atoms with Crippen LogP contribution in [0.25, 0.3) is 0 Å². The number of carbonyl (C=O) groups excluding carboxylic acids is 1. The van der Waals surface area contributed by atoms with Crippen LogP contribution < -0.4 is 10.6 Å². The number of benzene rings is 1. The van der Waals surface area contributed by atoms with Crippen molar-refractivity contribution in [2.75, 3.05) is 6.54 Å². The highest BCUT2D eigenvalue weighted by atomic mass is 16.6. The molecule has 0 heterocycles. The van der Waals surface area contributed by atoms with Gasteiger partial charge in [-0.25, -0.2) is 4.79 Å². The monoisotopic (exact) mass is 295 g/mol. The predicted molar refractivity (Wildman–Crippen MR) is 74.8 cm³/mol. The number of aliphatic carboxylic acids is 1. The molecule has 0 fully saturated rings. The van der Waals surface area contributed by atoms with Gasteiger partial charge in [-0.2, -0.15) is 0 Å². The highest BCUT2D eigenvalue weighted by molar-refractivity contribution is 5.74. The molecule has 0 bridgehead atoms. The second kappa shape index (κ2) is 7.83. The van der Waals surface area contributed by atoms with Gasteiger partial charge in [-0.1, -0.05) is 25.1 Å². The van der Waals surface area contributed by atoms with Gasteiger partial charge in [0.2, 0.25) is 0 Å². The van der Waals surface area contributed by atoms with Crippen LogP contribution >= 0.6 is 0 Å². The zero-order chi connectivity index (χ0) is 15.8. The van der Waals surface area contributed by atoms with Crippen molar-refractivity contribution in [3.8, 4) is 0 Å². The van der Waals surface area contributed by atoms with Crippen molar-refractivity contribution >= 4 is 17.7 Å². The van der Waals surface area contributed by atoms with Gasteiger partial charge in [0, 0.05) is 24.6 Å². The molecule has 0 radical (unpaired) electrons. The van der Waals surface area contributed by atoms with Crippen molar-refractivity contribution in [1.82, 2.24) is 10.6 Å². The number of hydrogen-bond acceptors (Lipinski definition) is 4. The molecule has 1 aromatic carbocycles. The number of hydrogen-bond donors (Lipinski definition) is 3. The number of carboxylic acid groups (broad SMARTS) is 1. The molecular formula is C13H17N3O5. The Morgan fingerprint density at radius 1 is 1.33 bits per heavy atom. The van der Waals surface area contributed by atoms with E-state index < -0.39 is 16.9 Å². The van der Waals surface area contributed by atoms with Crippen LogP contribution in [0.1, 0.15) is 18.9 Å². The molecule has 21 heavy (non-hydrogen) atoms. The number of nitrogens with zero attached hydrogens (tertiary/aromatic N) is 1. The van der Waals surface area contributed by atoms with Crippen molar-refractivity contribution in [2.45, 2.75) is 19.9 Å². The van der Waals surface area contributed by atoms with Crippen molar-refractivity contribution in [1.29, 1.82) is 0 Å². The van der Waals surface area contributed by atoms with Gasteiger partial charge in [-0.3, -0.25) is 14.9 Å². The molecule has 0 aromatic heterocycles. The number of carboxylic acids is 1. The van der Waals surface area contributed by atoms with Gasteiger partial charge in [-0.15, -0.1) is 0 Å². The Morgan fingerprint density at radius 3 is 2.62 bits per heavy atom. The van der Waals surface area contributed by atoms with Crippen molar-refractivity contribution < 1.29 is 19.6 Å². The minimum Gasteiger partial charge on any atom is -0.481 e. The predicted octanol–water partition coefficient (Wildman–Crippen LogP) is 1.50. The van der Waals surface area contributed by atoms with Crippen LogP contribution in [0.5, 0.6) is 0 Å². The van der Waals surface area contributed by atoms with E-state index in [0.29, 0.717) is 5.56 Å². The molecule has 0 aliphatic heterocycles. The van der Waals surface area contributed by atoms with Gasteiger partial charge in [0.1, 0.15) is 0 Å². The fourth-order valence-corrected chi connectivity index (χ4v) is 1.71. The summed E-state index contributed by atoms with van der Waals surface area (Å²) in [7, 11) is 0. The molecule has 1 rings (SSSR count). The van der Waals surface area contributed by atoms with E-state index >= 15 is 0 Å². The summed E-state index contributed by atoms with van der Waals surface area (Å²) in [5.74, 6) is -1.12. The first-order chi connectivity index (χ1) is 9.90. The third-order valence-electron chi connectivity index (χ3n) is 2.76. The van der Waals surface area contributed by atoms with Crippen LogP contribution in [0.15, 0.2) is 24.3 Å². The summed E-state index contributed by atoms with van der Waals surface area (Å²) in [6, 6.07) is 5.63. The van der Waals surface area contributed by atoms with Crippen LogP contribution in [0, 0.1) is 16.0 Å². The number of para-hydroxylation sites is 1. The Kier molecular flexibility index (Phi) is 6.12. The van der Waals surface area contributed by atoms with Gasteiger partial charge < -0.3 is 15.7 Å². The highest BCUT2D eigenvalue weighted by Gasteiger charge is 2.13. The number of carbonyl (C=O) groups is 2.